The number of halogens is 1. The number of carbonyl (C=O) groups excluding carboxylic acids is 1. The first kappa shape index (κ1) is 14.5. The summed E-state index contributed by atoms with van der Waals surface area (Å²) in [6.45, 7) is 3.29. The van der Waals surface area contributed by atoms with Crippen LogP contribution in [0, 0.1) is 0 Å². The summed E-state index contributed by atoms with van der Waals surface area (Å²) in [5.74, 6) is -0.0680. The molecule has 104 valence electrons. The summed E-state index contributed by atoms with van der Waals surface area (Å²) in [4.78, 5) is 18.2. The number of hydrogen-bond acceptors (Lipinski definition) is 2. The van der Waals surface area contributed by atoms with Gasteiger partial charge in [0.1, 0.15) is 0 Å². The predicted octanol–water partition coefficient (Wildman–Crippen LogP) is 3.44. The highest BCUT2D eigenvalue weighted by Gasteiger charge is 2.16. The zero-order valence-corrected chi connectivity index (χ0v) is 12.2. The van der Waals surface area contributed by atoms with Crippen LogP contribution in [0.15, 0.2) is 48.8 Å². The topological polar surface area (TPSA) is 33.2 Å². The van der Waals surface area contributed by atoms with E-state index in [0.29, 0.717) is 23.7 Å². The molecule has 1 aromatic carbocycles. The molecular formula is C16H17ClN2O. The van der Waals surface area contributed by atoms with Crippen LogP contribution in [0.2, 0.25) is 5.02 Å². The molecule has 0 bridgehead atoms. The van der Waals surface area contributed by atoms with Crippen molar-refractivity contribution in [2.24, 2.45) is 0 Å². The van der Waals surface area contributed by atoms with Crippen molar-refractivity contribution in [2.45, 2.75) is 13.3 Å². The summed E-state index contributed by atoms with van der Waals surface area (Å²) in [6, 6.07) is 11.8. The Bertz CT molecular complexity index is 572. The van der Waals surface area contributed by atoms with E-state index in [9.17, 15) is 4.79 Å². The average Bonchev–Trinajstić information content (AvgIpc) is 2.49. The van der Waals surface area contributed by atoms with Gasteiger partial charge in [-0.3, -0.25) is 9.78 Å². The molecule has 0 radical (unpaired) electrons. The number of carbonyl (C=O) groups is 1. The fraction of sp³-hybridized carbons (Fsp3) is 0.250. The summed E-state index contributed by atoms with van der Waals surface area (Å²) in [5, 5.41) is 0.447. The zero-order valence-electron chi connectivity index (χ0n) is 11.4. The van der Waals surface area contributed by atoms with Crippen LogP contribution >= 0.6 is 11.6 Å². The molecule has 1 amide bonds. The van der Waals surface area contributed by atoms with Crippen LogP contribution in [0.4, 0.5) is 0 Å². The van der Waals surface area contributed by atoms with Gasteiger partial charge >= 0.3 is 0 Å². The lowest BCUT2D eigenvalue weighted by Crippen LogP contribution is -2.33. The van der Waals surface area contributed by atoms with E-state index < -0.39 is 0 Å². The van der Waals surface area contributed by atoms with Gasteiger partial charge in [-0.05, 0) is 25.0 Å². The molecule has 0 aliphatic heterocycles. The summed E-state index contributed by atoms with van der Waals surface area (Å²) in [6.07, 6.45) is 3.94. The maximum absolute atomic E-state index is 12.4. The molecule has 0 saturated carbocycles. The third-order valence-corrected chi connectivity index (χ3v) is 3.51. The van der Waals surface area contributed by atoms with Crippen LogP contribution in [0.25, 0.3) is 0 Å². The van der Waals surface area contributed by atoms with Gasteiger partial charge in [0.05, 0.1) is 10.6 Å². The first-order chi connectivity index (χ1) is 9.72. The Morgan fingerprint density at radius 3 is 2.65 bits per heavy atom. The average molecular weight is 289 g/mol. The number of benzene rings is 1. The molecule has 20 heavy (non-hydrogen) atoms. The van der Waals surface area contributed by atoms with E-state index in [4.69, 9.17) is 11.6 Å². The van der Waals surface area contributed by atoms with Gasteiger partial charge in [0.15, 0.2) is 0 Å². The fourth-order valence-electron chi connectivity index (χ4n) is 2.02. The first-order valence-electron chi connectivity index (χ1n) is 6.65. The Morgan fingerprint density at radius 1 is 1.25 bits per heavy atom. The maximum Gasteiger partial charge on any atom is 0.256 e. The van der Waals surface area contributed by atoms with E-state index in [0.717, 1.165) is 6.42 Å². The second-order valence-corrected chi connectivity index (χ2v) is 4.88. The Morgan fingerprint density at radius 2 is 2.00 bits per heavy atom. The minimum absolute atomic E-state index is 0.0680. The number of likely N-dealkylation sites (N-methyl/N-ethyl adjacent to an activating group) is 1. The lowest BCUT2D eigenvalue weighted by atomic mass is 10.1. The van der Waals surface area contributed by atoms with Gasteiger partial charge in [-0.2, -0.15) is 0 Å². The quantitative estimate of drug-likeness (QED) is 0.844. The second kappa shape index (κ2) is 7.06. The third kappa shape index (κ3) is 3.58. The smallest absolute Gasteiger partial charge is 0.256 e. The second-order valence-electron chi connectivity index (χ2n) is 4.48. The van der Waals surface area contributed by atoms with Crippen molar-refractivity contribution in [2.75, 3.05) is 13.1 Å². The van der Waals surface area contributed by atoms with Crippen molar-refractivity contribution >= 4 is 17.5 Å². The van der Waals surface area contributed by atoms with Crippen molar-refractivity contribution < 1.29 is 4.79 Å². The summed E-state index contributed by atoms with van der Waals surface area (Å²) >= 11 is 6.05. The molecule has 0 unspecified atom stereocenters. The van der Waals surface area contributed by atoms with E-state index in [1.165, 1.54) is 11.8 Å². The van der Waals surface area contributed by atoms with Gasteiger partial charge in [-0.15, -0.1) is 0 Å². The van der Waals surface area contributed by atoms with Crippen molar-refractivity contribution in [3.05, 3.63) is 64.9 Å². The molecule has 0 atom stereocenters. The predicted molar refractivity (Wildman–Crippen MR) is 81.0 cm³/mol. The van der Waals surface area contributed by atoms with Gasteiger partial charge in [0, 0.05) is 25.5 Å². The van der Waals surface area contributed by atoms with Crippen LogP contribution in [-0.4, -0.2) is 28.9 Å². The molecule has 0 fully saturated rings. The van der Waals surface area contributed by atoms with E-state index in [1.54, 1.807) is 17.2 Å². The van der Waals surface area contributed by atoms with Gasteiger partial charge in [0.2, 0.25) is 0 Å². The van der Waals surface area contributed by atoms with E-state index in [2.05, 4.69) is 17.1 Å². The highest BCUT2D eigenvalue weighted by Crippen LogP contribution is 2.16. The lowest BCUT2D eigenvalue weighted by molar-refractivity contribution is 0.0766. The molecule has 0 saturated heterocycles. The third-order valence-electron chi connectivity index (χ3n) is 3.18. The minimum Gasteiger partial charge on any atom is -0.339 e. The molecule has 3 nitrogen and oxygen atoms in total. The summed E-state index contributed by atoms with van der Waals surface area (Å²) in [7, 11) is 0. The summed E-state index contributed by atoms with van der Waals surface area (Å²) < 4.78 is 0. The zero-order chi connectivity index (χ0) is 14.4. The standard InChI is InChI=1S/C16H17ClN2O/c1-2-19(11-9-13-6-4-3-5-7-13)16(20)14-12-18-10-8-15(14)17/h3-8,10,12H,2,9,11H2,1H3. The van der Waals surface area contributed by atoms with Crippen molar-refractivity contribution in [1.29, 1.82) is 0 Å². The van der Waals surface area contributed by atoms with E-state index in [-0.39, 0.29) is 5.91 Å². The Labute approximate surface area is 124 Å². The maximum atomic E-state index is 12.4. The Hall–Kier alpha value is -1.87. The number of nitrogens with zero attached hydrogens (tertiary/aromatic N) is 2. The van der Waals surface area contributed by atoms with Gasteiger partial charge in [-0.25, -0.2) is 0 Å². The number of aromatic nitrogens is 1. The number of amides is 1. The van der Waals surface area contributed by atoms with Crippen LogP contribution in [0.3, 0.4) is 0 Å². The molecular weight excluding hydrogens is 272 g/mol. The van der Waals surface area contributed by atoms with Gasteiger partial charge in [-0.1, -0.05) is 41.9 Å². The molecule has 0 aliphatic carbocycles. The van der Waals surface area contributed by atoms with Crippen molar-refractivity contribution in [1.82, 2.24) is 9.88 Å². The first-order valence-corrected chi connectivity index (χ1v) is 7.03. The highest BCUT2D eigenvalue weighted by atomic mass is 35.5. The normalized spacial score (nSPS) is 10.3. The summed E-state index contributed by atoms with van der Waals surface area (Å²) in [5.41, 5.74) is 1.68. The number of hydrogen-bond donors (Lipinski definition) is 0. The monoisotopic (exact) mass is 288 g/mol. The Kier molecular flexibility index (Phi) is 5.13. The SMILES string of the molecule is CCN(CCc1ccccc1)C(=O)c1cnccc1Cl. The molecule has 0 spiro atoms. The molecule has 2 rings (SSSR count). The molecule has 1 aromatic heterocycles. The van der Waals surface area contributed by atoms with E-state index in [1.807, 2.05) is 25.1 Å². The molecule has 2 aromatic rings. The van der Waals surface area contributed by atoms with Gasteiger partial charge < -0.3 is 4.90 Å². The number of rotatable bonds is 5. The van der Waals surface area contributed by atoms with Crippen LogP contribution < -0.4 is 0 Å². The molecule has 0 aliphatic rings. The van der Waals surface area contributed by atoms with Crippen LogP contribution in [-0.2, 0) is 6.42 Å². The van der Waals surface area contributed by atoms with Crippen LogP contribution in [0.5, 0.6) is 0 Å². The van der Waals surface area contributed by atoms with Crippen LogP contribution in [0.1, 0.15) is 22.8 Å². The largest absolute Gasteiger partial charge is 0.339 e. The fourth-order valence-corrected chi connectivity index (χ4v) is 2.20. The van der Waals surface area contributed by atoms with E-state index >= 15 is 0 Å². The molecule has 1 heterocycles. The molecule has 4 heteroatoms. The lowest BCUT2D eigenvalue weighted by Gasteiger charge is -2.21. The van der Waals surface area contributed by atoms with Crippen molar-refractivity contribution in [3.63, 3.8) is 0 Å². The minimum atomic E-state index is -0.0680. The van der Waals surface area contributed by atoms with Crippen molar-refractivity contribution in [3.8, 4) is 0 Å². The molecule has 0 N–H and O–H groups in total. The highest BCUT2D eigenvalue weighted by molar-refractivity contribution is 6.33. The van der Waals surface area contributed by atoms with Gasteiger partial charge in [0.25, 0.3) is 5.91 Å². The number of pyridine rings is 1. The Balaban J connectivity index is 2.05.